The van der Waals surface area contributed by atoms with Crippen LogP contribution in [0.25, 0.3) is 0 Å². The third-order valence-corrected chi connectivity index (χ3v) is 3.24. The van der Waals surface area contributed by atoms with Crippen LogP contribution in [-0.2, 0) is 9.59 Å². The van der Waals surface area contributed by atoms with Gasteiger partial charge in [0.2, 0.25) is 5.91 Å². The molecule has 0 aromatic rings. The molecule has 5 nitrogen and oxygen atoms in total. The second kappa shape index (κ2) is 8.43. The van der Waals surface area contributed by atoms with Crippen LogP contribution >= 0.6 is 11.8 Å². The molecule has 19 heavy (non-hydrogen) atoms. The molecule has 0 rings (SSSR count). The Kier molecular flexibility index (Phi) is 8.09. The maximum atomic E-state index is 11.9. The Labute approximate surface area is 119 Å². The minimum atomic E-state index is -0.910. The van der Waals surface area contributed by atoms with Crippen molar-refractivity contribution in [3.8, 4) is 0 Å². The predicted molar refractivity (Wildman–Crippen MR) is 79.2 cm³/mol. The zero-order chi connectivity index (χ0) is 15.1. The number of carboxylic acids is 1. The Morgan fingerprint density at radius 3 is 2.37 bits per heavy atom. The summed E-state index contributed by atoms with van der Waals surface area (Å²) in [5.74, 6) is -0.353. The van der Waals surface area contributed by atoms with Crippen molar-refractivity contribution in [1.82, 2.24) is 5.32 Å². The lowest BCUT2D eigenvalue weighted by Gasteiger charge is -2.26. The summed E-state index contributed by atoms with van der Waals surface area (Å²) in [4.78, 5) is 22.7. The monoisotopic (exact) mass is 290 g/mol. The van der Waals surface area contributed by atoms with E-state index in [0.29, 0.717) is 12.8 Å². The molecule has 0 aromatic heterocycles. The van der Waals surface area contributed by atoms with Gasteiger partial charge in [0.1, 0.15) is 0 Å². The third-order valence-electron chi connectivity index (χ3n) is 2.60. The molecular formula is C13H26N2O3S. The molecule has 0 aromatic carbocycles. The highest BCUT2D eigenvalue weighted by atomic mass is 32.2. The van der Waals surface area contributed by atoms with E-state index in [0.717, 1.165) is 5.75 Å². The van der Waals surface area contributed by atoms with Crippen LogP contribution in [0.2, 0.25) is 0 Å². The summed E-state index contributed by atoms with van der Waals surface area (Å²) in [5, 5.41) is 11.6. The largest absolute Gasteiger partial charge is 0.481 e. The first-order valence-corrected chi connectivity index (χ1v) is 7.82. The SMILES string of the molecule is CSCC[C@@H](N)C(=O)NC(CC(=O)O)CC(C)(C)C. The first-order chi connectivity index (χ1) is 8.65. The molecule has 0 saturated carbocycles. The summed E-state index contributed by atoms with van der Waals surface area (Å²) >= 11 is 1.63. The van der Waals surface area contributed by atoms with Crippen LogP contribution in [0.4, 0.5) is 0 Å². The van der Waals surface area contributed by atoms with Crippen molar-refractivity contribution in [2.45, 2.75) is 52.1 Å². The zero-order valence-corrected chi connectivity index (χ0v) is 13.0. The molecule has 0 bridgehead atoms. The Balaban J connectivity index is 4.45. The number of hydrogen-bond donors (Lipinski definition) is 3. The third kappa shape index (κ3) is 9.78. The van der Waals surface area contributed by atoms with Gasteiger partial charge in [0, 0.05) is 6.04 Å². The van der Waals surface area contributed by atoms with Crippen molar-refractivity contribution in [2.24, 2.45) is 11.1 Å². The summed E-state index contributed by atoms with van der Waals surface area (Å²) < 4.78 is 0. The van der Waals surface area contributed by atoms with Crippen molar-refractivity contribution in [2.75, 3.05) is 12.0 Å². The van der Waals surface area contributed by atoms with Crippen molar-refractivity contribution >= 4 is 23.6 Å². The molecule has 0 saturated heterocycles. The van der Waals surface area contributed by atoms with Gasteiger partial charge in [-0.3, -0.25) is 9.59 Å². The Hall–Kier alpha value is -0.750. The van der Waals surface area contributed by atoms with Gasteiger partial charge in [0.05, 0.1) is 12.5 Å². The van der Waals surface area contributed by atoms with Gasteiger partial charge in [-0.25, -0.2) is 0 Å². The molecule has 6 heteroatoms. The number of nitrogens with two attached hydrogens (primary N) is 1. The number of hydrogen-bond acceptors (Lipinski definition) is 4. The molecular weight excluding hydrogens is 264 g/mol. The fourth-order valence-electron chi connectivity index (χ4n) is 1.81. The number of aliphatic carboxylic acids is 1. The van der Waals surface area contributed by atoms with Crippen molar-refractivity contribution in [3.63, 3.8) is 0 Å². The van der Waals surface area contributed by atoms with Crippen LogP contribution in [0.15, 0.2) is 0 Å². The number of carbonyl (C=O) groups is 2. The van der Waals surface area contributed by atoms with E-state index in [1.165, 1.54) is 0 Å². The van der Waals surface area contributed by atoms with E-state index in [1.54, 1.807) is 11.8 Å². The number of nitrogens with one attached hydrogen (secondary N) is 1. The summed E-state index contributed by atoms with van der Waals surface area (Å²) in [7, 11) is 0. The fraction of sp³-hybridized carbons (Fsp3) is 0.846. The van der Waals surface area contributed by atoms with Crippen molar-refractivity contribution in [3.05, 3.63) is 0 Å². The number of rotatable bonds is 8. The molecule has 0 heterocycles. The minimum absolute atomic E-state index is 0.0449. The second-order valence-corrected chi connectivity index (χ2v) is 6.94. The van der Waals surface area contributed by atoms with E-state index in [2.05, 4.69) is 5.32 Å². The smallest absolute Gasteiger partial charge is 0.305 e. The molecule has 0 spiro atoms. The van der Waals surface area contributed by atoms with Gasteiger partial charge in [0.25, 0.3) is 0 Å². The van der Waals surface area contributed by atoms with E-state index in [-0.39, 0.29) is 23.8 Å². The standard InChI is InChI=1S/C13H26N2O3S/c1-13(2,3)8-9(7-11(16)17)15-12(18)10(14)5-6-19-4/h9-10H,5-8,14H2,1-4H3,(H,15,18)(H,16,17)/t9?,10-/m1/s1. The maximum absolute atomic E-state index is 11.9. The number of carboxylic acid groups (broad SMARTS) is 1. The van der Waals surface area contributed by atoms with Crippen LogP contribution in [0, 0.1) is 5.41 Å². The van der Waals surface area contributed by atoms with Crippen LogP contribution in [0.5, 0.6) is 0 Å². The average Bonchev–Trinajstić information content (AvgIpc) is 2.22. The second-order valence-electron chi connectivity index (χ2n) is 5.96. The maximum Gasteiger partial charge on any atom is 0.305 e. The summed E-state index contributed by atoms with van der Waals surface area (Å²) in [5.41, 5.74) is 5.73. The van der Waals surface area contributed by atoms with Gasteiger partial charge in [-0.15, -0.1) is 0 Å². The normalized spacial score (nSPS) is 14.8. The lowest BCUT2D eigenvalue weighted by atomic mass is 9.87. The number of amides is 1. The molecule has 0 aliphatic carbocycles. The van der Waals surface area contributed by atoms with Gasteiger partial charge in [-0.05, 0) is 30.3 Å². The van der Waals surface area contributed by atoms with E-state index in [1.807, 2.05) is 27.0 Å². The van der Waals surface area contributed by atoms with Crippen LogP contribution in [-0.4, -0.2) is 41.1 Å². The first kappa shape index (κ1) is 18.2. The minimum Gasteiger partial charge on any atom is -0.481 e. The summed E-state index contributed by atoms with van der Waals surface area (Å²) in [6.45, 7) is 6.05. The Morgan fingerprint density at radius 2 is 1.95 bits per heavy atom. The quantitative estimate of drug-likeness (QED) is 0.629. The van der Waals surface area contributed by atoms with Crippen molar-refractivity contribution in [1.29, 1.82) is 0 Å². The summed E-state index contributed by atoms with van der Waals surface area (Å²) in [6.07, 6.45) is 3.10. The van der Waals surface area contributed by atoms with Crippen LogP contribution in [0.3, 0.4) is 0 Å². The van der Waals surface area contributed by atoms with Gasteiger partial charge in [0.15, 0.2) is 0 Å². The Bertz CT molecular complexity index is 303. The van der Waals surface area contributed by atoms with Gasteiger partial charge in [-0.1, -0.05) is 20.8 Å². The zero-order valence-electron chi connectivity index (χ0n) is 12.2. The number of carbonyl (C=O) groups excluding carboxylic acids is 1. The van der Waals surface area contributed by atoms with Gasteiger partial charge in [-0.2, -0.15) is 11.8 Å². The average molecular weight is 290 g/mol. The molecule has 1 amide bonds. The highest BCUT2D eigenvalue weighted by molar-refractivity contribution is 7.98. The first-order valence-electron chi connectivity index (χ1n) is 6.42. The van der Waals surface area contributed by atoms with Gasteiger partial charge >= 0.3 is 5.97 Å². The van der Waals surface area contributed by atoms with Gasteiger partial charge < -0.3 is 16.2 Å². The van der Waals surface area contributed by atoms with Crippen molar-refractivity contribution < 1.29 is 14.7 Å². The molecule has 112 valence electrons. The molecule has 0 aliphatic rings. The predicted octanol–water partition coefficient (Wildman–Crippen LogP) is 1.46. The molecule has 0 fully saturated rings. The van der Waals surface area contributed by atoms with Crippen LogP contribution < -0.4 is 11.1 Å². The fourth-order valence-corrected chi connectivity index (χ4v) is 2.30. The molecule has 0 aliphatic heterocycles. The summed E-state index contributed by atoms with van der Waals surface area (Å²) in [6, 6.07) is -0.936. The highest BCUT2D eigenvalue weighted by Gasteiger charge is 2.24. The van der Waals surface area contributed by atoms with Crippen LogP contribution in [0.1, 0.15) is 40.0 Å². The van der Waals surface area contributed by atoms with E-state index in [9.17, 15) is 9.59 Å². The molecule has 0 radical (unpaired) electrons. The van der Waals surface area contributed by atoms with E-state index < -0.39 is 12.0 Å². The number of thioether (sulfide) groups is 1. The van der Waals surface area contributed by atoms with E-state index >= 15 is 0 Å². The molecule has 1 unspecified atom stereocenters. The highest BCUT2D eigenvalue weighted by Crippen LogP contribution is 2.22. The lowest BCUT2D eigenvalue weighted by molar-refractivity contribution is -0.138. The molecule has 2 atom stereocenters. The Morgan fingerprint density at radius 1 is 1.37 bits per heavy atom. The van der Waals surface area contributed by atoms with E-state index in [4.69, 9.17) is 10.8 Å². The lowest BCUT2D eigenvalue weighted by Crippen LogP contribution is -2.47. The topological polar surface area (TPSA) is 92.4 Å². The molecule has 4 N–H and O–H groups in total.